The number of aliphatic hydroxyl groups excluding tert-OH is 1. The first kappa shape index (κ1) is 53.0. The molecule has 0 aromatic carbocycles. The van der Waals surface area contributed by atoms with Gasteiger partial charge >= 0.3 is 7.82 Å². The Kier molecular flexibility index (Phi) is 36.8. The van der Waals surface area contributed by atoms with Crippen LogP contribution in [-0.4, -0.2) is 73.4 Å². The van der Waals surface area contributed by atoms with Gasteiger partial charge in [-0.2, -0.15) is 0 Å². The van der Waals surface area contributed by atoms with E-state index in [-0.39, 0.29) is 19.1 Å². The smallest absolute Gasteiger partial charge is 0.387 e. The maximum Gasteiger partial charge on any atom is 0.472 e. The number of hydrogen-bond donors (Lipinski definition) is 3. The predicted molar refractivity (Wildman–Crippen MR) is 231 cm³/mol. The minimum absolute atomic E-state index is 0.0574. The van der Waals surface area contributed by atoms with Crippen LogP contribution in [0.3, 0.4) is 0 Å². The maximum absolute atomic E-state index is 12.7. The number of amides is 1. The molecule has 0 aromatic heterocycles. The van der Waals surface area contributed by atoms with Crippen LogP contribution >= 0.6 is 7.82 Å². The summed E-state index contributed by atoms with van der Waals surface area (Å²) in [6.07, 6.45) is 44.4. The summed E-state index contributed by atoms with van der Waals surface area (Å²) in [5, 5.41) is 13.7. The van der Waals surface area contributed by atoms with E-state index < -0.39 is 20.0 Å². The van der Waals surface area contributed by atoms with Crippen molar-refractivity contribution in [2.75, 3.05) is 40.9 Å². The van der Waals surface area contributed by atoms with Crippen molar-refractivity contribution in [3.63, 3.8) is 0 Å². The Hall–Kier alpha value is -1.02. The van der Waals surface area contributed by atoms with E-state index in [9.17, 15) is 19.4 Å². The van der Waals surface area contributed by atoms with Crippen LogP contribution in [0.15, 0.2) is 24.3 Å². The lowest BCUT2D eigenvalue weighted by Gasteiger charge is -2.25. The highest BCUT2D eigenvalue weighted by Crippen LogP contribution is 2.43. The molecule has 3 N–H and O–H groups in total. The fourth-order valence-corrected chi connectivity index (χ4v) is 7.26. The summed E-state index contributed by atoms with van der Waals surface area (Å²) in [5.74, 6) is -0.196. The molecule has 8 nitrogen and oxygen atoms in total. The van der Waals surface area contributed by atoms with E-state index in [2.05, 4.69) is 31.3 Å². The molecule has 0 aliphatic carbocycles. The van der Waals surface area contributed by atoms with E-state index in [4.69, 9.17) is 9.05 Å². The Morgan fingerprint density at radius 3 is 1.48 bits per heavy atom. The molecule has 0 aliphatic heterocycles. The average molecular weight is 786 g/mol. The van der Waals surface area contributed by atoms with Gasteiger partial charge < -0.3 is 19.8 Å². The Morgan fingerprint density at radius 2 is 1.02 bits per heavy atom. The van der Waals surface area contributed by atoms with Crippen molar-refractivity contribution in [3.05, 3.63) is 24.3 Å². The van der Waals surface area contributed by atoms with Gasteiger partial charge in [0.1, 0.15) is 13.2 Å². The van der Waals surface area contributed by atoms with Crippen molar-refractivity contribution in [1.82, 2.24) is 5.32 Å². The molecule has 0 bridgehead atoms. The summed E-state index contributed by atoms with van der Waals surface area (Å²) in [6, 6.07) is -0.855. The Bertz CT molecular complexity index is 938. The lowest BCUT2D eigenvalue weighted by molar-refractivity contribution is -0.870. The number of likely N-dealkylation sites (N-methyl/N-ethyl adjacent to an activating group) is 1. The number of hydrogen-bond acceptors (Lipinski definition) is 5. The summed E-state index contributed by atoms with van der Waals surface area (Å²) < 4.78 is 23.4. The van der Waals surface area contributed by atoms with Gasteiger partial charge in [0.15, 0.2) is 0 Å². The highest BCUT2D eigenvalue weighted by Gasteiger charge is 2.27. The topological polar surface area (TPSA) is 105 Å². The molecule has 0 rings (SSSR count). The number of quaternary nitrogens is 1. The SMILES string of the molecule is CCCCCCCCCCCCCCCCCCCCCC/C=C/CC/C=C/C(O)C(COP(=O)(O)OCC[N+](C)(C)C)NC(=O)CCCCCCCC. The molecular weight excluding hydrogens is 695 g/mol. The van der Waals surface area contributed by atoms with E-state index in [0.29, 0.717) is 17.4 Å². The molecular formula is C45H90N2O6P+. The van der Waals surface area contributed by atoms with Gasteiger partial charge in [-0.3, -0.25) is 13.8 Å². The van der Waals surface area contributed by atoms with Crippen molar-refractivity contribution in [2.24, 2.45) is 0 Å². The number of carbonyl (C=O) groups excluding carboxylic acids is 1. The lowest BCUT2D eigenvalue weighted by atomic mass is 10.0. The molecule has 0 saturated carbocycles. The van der Waals surface area contributed by atoms with E-state index in [1.54, 1.807) is 6.08 Å². The Morgan fingerprint density at radius 1 is 0.611 bits per heavy atom. The highest BCUT2D eigenvalue weighted by molar-refractivity contribution is 7.47. The number of allylic oxidation sites excluding steroid dienone is 3. The van der Waals surface area contributed by atoms with Crippen molar-refractivity contribution < 1.29 is 32.9 Å². The molecule has 9 heteroatoms. The van der Waals surface area contributed by atoms with Crippen molar-refractivity contribution in [1.29, 1.82) is 0 Å². The van der Waals surface area contributed by atoms with Gasteiger partial charge in [0.2, 0.25) is 5.91 Å². The second-order valence-corrected chi connectivity index (χ2v) is 18.2. The summed E-state index contributed by atoms with van der Waals surface area (Å²) >= 11 is 0. The average Bonchev–Trinajstić information content (AvgIpc) is 3.12. The predicted octanol–water partition coefficient (Wildman–Crippen LogP) is 12.5. The standard InChI is InChI=1S/C45H89N2O6P/c1-6-8-10-12-14-15-16-17-18-19-20-21-22-23-24-25-26-27-28-29-30-31-32-33-34-36-38-44(48)43(46-45(49)39-37-35-13-11-9-7-2)42-53-54(50,51)52-41-40-47(3,4)5/h31-32,36,38,43-44,48H,6-30,33-35,37,39-42H2,1-5H3,(H-,46,49,50,51)/p+1/b32-31+,38-36+. The van der Waals surface area contributed by atoms with Gasteiger partial charge in [-0.05, 0) is 32.1 Å². The first-order valence-corrected chi connectivity index (χ1v) is 24.2. The molecule has 3 atom stereocenters. The molecule has 3 unspecified atom stereocenters. The number of aliphatic hydroxyl groups is 1. The fourth-order valence-electron chi connectivity index (χ4n) is 6.53. The minimum Gasteiger partial charge on any atom is -0.387 e. The quantitative estimate of drug-likeness (QED) is 0.0247. The van der Waals surface area contributed by atoms with Crippen LogP contribution in [0.4, 0.5) is 0 Å². The molecule has 0 aromatic rings. The third-order valence-electron chi connectivity index (χ3n) is 10.2. The molecule has 0 radical (unpaired) electrons. The number of nitrogens with one attached hydrogen (secondary N) is 1. The summed E-state index contributed by atoms with van der Waals surface area (Å²) in [6.45, 7) is 4.73. The van der Waals surface area contributed by atoms with Gasteiger partial charge in [0.25, 0.3) is 0 Å². The zero-order valence-electron chi connectivity index (χ0n) is 36.2. The van der Waals surface area contributed by atoms with Crippen molar-refractivity contribution in [2.45, 2.75) is 219 Å². The van der Waals surface area contributed by atoms with Crippen molar-refractivity contribution in [3.8, 4) is 0 Å². The van der Waals surface area contributed by atoms with E-state index in [0.717, 1.165) is 38.5 Å². The third-order valence-corrected chi connectivity index (χ3v) is 11.2. The normalized spacial score (nSPS) is 14.6. The Labute approximate surface area is 334 Å². The highest BCUT2D eigenvalue weighted by atomic mass is 31.2. The van der Waals surface area contributed by atoms with Crippen LogP contribution in [0.5, 0.6) is 0 Å². The summed E-state index contributed by atoms with van der Waals surface area (Å²) in [5.41, 5.74) is 0. The number of nitrogens with zero attached hydrogens (tertiary/aromatic N) is 1. The van der Waals surface area contributed by atoms with Crippen LogP contribution in [0, 0.1) is 0 Å². The maximum atomic E-state index is 12.7. The molecule has 0 aliphatic rings. The number of phosphoric acid groups is 1. The second-order valence-electron chi connectivity index (χ2n) is 16.8. The van der Waals surface area contributed by atoms with Gasteiger partial charge in [0.05, 0.1) is 39.9 Å². The number of phosphoric ester groups is 1. The van der Waals surface area contributed by atoms with Crippen LogP contribution in [0.25, 0.3) is 0 Å². The lowest BCUT2D eigenvalue weighted by Crippen LogP contribution is -2.45. The van der Waals surface area contributed by atoms with Gasteiger partial charge in [0, 0.05) is 6.42 Å². The molecule has 320 valence electrons. The van der Waals surface area contributed by atoms with E-state index in [1.807, 2.05) is 27.2 Å². The molecule has 1 amide bonds. The van der Waals surface area contributed by atoms with Gasteiger partial charge in [-0.15, -0.1) is 0 Å². The second kappa shape index (κ2) is 37.6. The number of carbonyl (C=O) groups is 1. The van der Waals surface area contributed by atoms with Crippen LogP contribution in [-0.2, 0) is 18.4 Å². The van der Waals surface area contributed by atoms with Crippen LogP contribution in [0.2, 0.25) is 0 Å². The molecule has 54 heavy (non-hydrogen) atoms. The van der Waals surface area contributed by atoms with E-state index >= 15 is 0 Å². The molecule has 0 saturated heterocycles. The molecule has 0 fully saturated rings. The van der Waals surface area contributed by atoms with Gasteiger partial charge in [-0.25, -0.2) is 4.57 Å². The first-order valence-electron chi connectivity index (χ1n) is 22.7. The summed E-state index contributed by atoms with van der Waals surface area (Å²) in [4.78, 5) is 22.9. The first-order chi connectivity index (χ1) is 26.0. The zero-order chi connectivity index (χ0) is 40.0. The largest absolute Gasteiger partial charge is 0.472 e. The minimum atomic E-state index is -4.33. The van der Waals surface area contributed by atoms with Crippen molar-refractivity contribution >= 4 is 13.7 Å². The third kappa shape index (κ3) is 39.2. The van der Waals surface area contributed by atoms with Crippen LogP contribution in [0.1, 0.15) is 206 Å². The van der Waals surface area contributed by atoms with Gasteiger partial charge in [-0.1, -0.05) is 192 Å². The Balaban J connectivity index is 4.13. The number of rotatable bonds is 41. The fraction of sp³-hybridized carbons (Fsp3) is 0.889. The summed E-state index contributed by atoms with van der Waals surface area (Å²) in [7, 11) is 1.56. The van der Waals surface area contributed by atoms with E-state index in [1.165, 1.54) is 148 Å². The monoisotopic (exact) mass is 786 g/mol. The zero-order valence-corrected chi connectivity index (χ0v) is 37.1. The van der Waals surface area contributed by atoms with Crippen LogP contribution < -0.4 is 5.32 Å². The molecule has 0 spiro atoms. The number of unbranched alkanes of at least 4 members (excludes halogenated alkanes) is 26. The molecule has 0 heterocycles.